The highest BCUT2D eigenvalue weighted by molar-refractivity contribution is 6.30. The summed E-state index contributed by atoms with van der Waals surface area (Å²) in [5, 5.41) is 3.69. The van der Waals surface area contributed by atoms with Crippen LogP contribution in [0, 0.1) is 5.92 Å². The zero-order valence-corrected chi connectivity index (χ0v) is 18.5. The summed E-state index contributed by atoms with van der Waals surface area (Å²) in [6, 6.07) is 12.3. The highest BCUT2D eigenvalue weighted by atomic mass is 35.5. The van der Waals surface area contributed by atoms with Crippen LogP contribution in [-0.4, -0.2) is 35.7 Å². The molecule has 7 heteroatoms. The Bertz CT molecular complexity index is 1060. The van der Waals surface area contributed by atoms with Gasteiger partial charge in [0.1, 0.15) is 5.75 Å². The number of piperidine rings is 1. The molecule has 2 aromatic rings. The maximum atomic E-state index is 13.1. The first kappa shape index (κ1) is 20.2. The molecule has 0 unspecified atom stereocenters. The SMILES string of the molecule is C[C@@H]1CCCN(C(=O)c2cccc(N3C(=O)N[C@H]4C[C@@]3(C)Oc3ccc(Cl)cc34)c2)C1. The van der Waals surface area contributed by atoms with Crippen LogP contribution in [-0.2, 0) is 0 Å². The minimum atomic E-state index is -0.866. The van der Waals surface area contributed by atoms with Crippen LogP contribution in [0.3, 0.4) is 0 Å². The first-order valence-electron chi connectivity index (χ1n) is 10.8. The number of hydrogen-bond acceptors (Lipinski definition) is 3. The fraction of sp³-hybridized carbons (Fsp3) is 0.417. The summed E-state index contributed by atoms with van der Waals surface area (Å²) < 4.78 is 6.32. The van der Waals surface area contributed by atoms with Crippen LogP contribution in [0.15, 0.2) is 42.5 Å². The molecule has 1 N–H and O–H groups in total. The van der Waals surface area contributed by atoms with Crippen LogP contribution in [0.2, 0.25) is 5.02 Å². The third kappa shape index (κ3) is 3.53. The molecule has 2 aromatic carbocycles. The lowest BCUT2D eigenvalue weighted by atomic mass is 9.90. The Kier molecular flexibility index (Phi) is 4.85. The van der Waals surface area contributed by atoms with E-state index in [0.717, 1.165) is 31.5 Å². The summed E-state index contributed by atoms with van der Waals surface area (Å²) in [6.07, 6.45) is 2.76. The van der Waals surface area contributed by atoms with Gasteiger partial charge in [0.2, 0.25) is 0 Å². The zero-order valence-electron chi connectivity index (χ0n) is 17.7. The zero-order chi connectivity index (χ0) is 21.8. The van der Waals surface area contributed by atoms with Crippen molar-refractivity contribution in [3.05, 3.63) is 58.6 Å². The lowest BCUT2D eigenvalue weighted by Crippen LogP contribution is -2.65. The van der Waals surface area contributed by atoms with Gasteiger partial charge in [-0.1, -0.05) is 24.6 Å². The van der Waals surface area contributed by atoms with Gasteiger partial charge in [0, 0.05) is 35.7 Å². The van der Waals surface area contributed by atoms with Crippen molar-refractivity contribution in [3.63, 3.8) is 0 Å². The number of amides is 3. The molecule has 3 aliphatic heterocycles. The van der Waals surface area contributed by atoms with Crippen LogP contribution >= 0.6 is 11.6 Å². The molecule has 2 saturated heterocycles. The molecule has 162 valence electrons. The summed E-state index contributed by atoms with van der Waals surface area (Å²) in [4.78, 5) is 29.8. The molecule has 3 amide bonds. The maximum Gasteiger partial charge on any atom is 0.325 e. The molecule has 5 rings (SSSR count). The van der Waals surface area contributed by atoms with E-state index in [1.54, 1.807) is 17.0 Å². The molecule has 3 atom stereocenters. The Balaban J connectivity index is 1.47. The average Bonchev–Trinajstić information content (AvgIpc) is 2.73. The van der Waals surface area contributed by atoms with Gasteiger partial charge in [-0.15, -0.1) is 0 Å². The van der Waals surface area contributed by atoms with E-state index in [1.165, 1.54) is 0 Å². The van der Waals surface area contributed by atoms with Gasteiger partial charge in [-0.05, 0) is 62.1 Å². The number of halogens is 1. The van der Waals surface area contributed by atoms with Crippen molar-refractivity contribution in [2.45, 2.75) is 44.9 Å². The lowest BCUT2D eigenvalue weighted by molar-refractivity contribution is 0.0378. The standard InChI is InChI=1S/C24H26ClN3O3/c1-15-5-4-10-27(14-15)22(29)16-6-3-7-18(11-16)28-23(30)26-20-13-24(28,2)31-21-9-8-17(25)12-19(20)21/h3,6-9,11-12,15,20H,4-5,10,13-14H2,1-2H3,(H,26,30)/t15-,20+,24-/m1/s1. The van der Waals surface area contributed by atoms with Gasteiger partial charge in [-0.3, -0.25) is 9.69 Å². The van der Waals surface area contributed by atoms with Gasteiger partial charge in [-0.25, -0.2) is 4.79 Å². The number of carbonyl (C=O) groups is 2. The van der Waals surface area contributed by atoms with Crippen molar-refractivity contribution in [3.8, 4) is 5.75 Å². The highest BCUT2D eigenvalue weighted by Crippen LogP contribution is 2.46. The molecule has 3 heterocycles. The predicted octanol–water partition coefficient (Wildman–Crippen LogP) is 4.98. The number of nitrogens with zero attached hydrogens (tertiary/aromatic N) is 2. The van der Waals surface area contributed by atoms with Gasteiger partial charge < -0.3 is 15.0 Å². The smallest absolute Gasteiger partial charge is 0.325 e. The molecular formula is C24H26ClN3O3. The molecule has 6 nitrogen and oxygen atoms in total. The van der Waals surface area contributed by atoms with Crippen LogP contribution in [0.5, 0.6) is 5.75 Å². The number of urea groups is 1. The van der Waals surface area contributed by atoms with Crippen molar-refractivity contribution in [2.75, 3.05) is 18.0 Å². The number of nitrogens with one attached hydrogen (secondary N) is 1. The summed E-state index contributed by atoms with van der Waals surface area (Å²) in [5.41, 5.74) is 1.26. The van der Waals surface area contributed by atoms with Crippen LogP contribution in [0.25, 0.3) is 0 Å². The van der Waals surface area contributed by atoms with E-state index in [9.17, 15) is 9.59 Å². The predicted molar refractivity (Wildman–Crippen MR) is 120 cm³/mol. The van der Waals surface area contributed by atoms with E-state index in [1.807, 2.05) is 42.2 Å². The van der Waals surface area contributed by atoms with Gasteiger partial charge in [0.15, 0.2) is 5.72 Å². The van der Waals surface area contributed by atoms with Crippen molar-refractivity contribution in [2.24, 2.45) is 5.92 Å². The number of benzene rings is 2. The summed E-state index contributed by atoms with van der Waals surface area (Å²) in [7, 11) is 0. The second-order valence-electron chi connectivity index (χ2n) is 9.05. The summed E-state index contributed by atoms with van der Waals surface area (Å²) in [5.74, 6) is 1.23. The van der Waals surface area contributed by atoms with Gasteiger partial charge in [0.05, 0.1) is 11.7 Å². The Labute approximate surface area is 187 Å². The second kappa shape index (κ2) is 7.45. The van der Waals surface area contributed by atoms with E-state index in [0.29, 0.717) is 34.4 Å². The van der Waals surface area contributed by atoms with Gasteiger partial charge in [0.25, 0.3) is 5.91 Å². The summed E-state index contributed by atoms with van der Waals surface area (Å²) in [6.45, 7) is 5.64. The molecule has 3 aliphatic rings. The number of anilines is 1. The minimum Gasteiger partial charge on any atom is -0.467 e. The number of ether oxygens (including phenoxy) is 1. The molecule has 0 aliphatic carbocycles. The van der Waals surface area contributed by atoms with Crippen molar-refractivity contribution >= 4 is 29.2 Å². The van der Waals surface area contributed by atoms with Crippen LogP contribution in [0.4, 0.5) is 10.5 Å². The van der Waals surface area contributed by atoms with E-state index in [4.69, 9.17) is 16.3 Å². The Morgan fingerprint density at radius 3 is 2.90 bits per heavy atom. The van der Waals surface area contributed by atoms with E-state index >= 15 is 0 Å². The number of carbonyl (C=O) groups excluding carboxylic acids is 2. The Morgan fingerprint density at radius 1 is 1.26 bits per heavy atom. The van der Waals surface area contributed by atoms with Crippen LogP contribution in [0.1, 0.15) is 55.1 Å². The maximum absolute atomic E-state index is 13.1. The topological polar surface area (TPSA) is 61.9 Å². The minimum absolute atomic E-state index is 0.0124. The Morgan fingerprint density at radius 2 is 2.10 bits per heavy atom. The van der Waals surface area contributed by atoms with E-state index < -0.39 is 5.72 Å². The fourth-order valence-electron chi connectivity index (χ4n) is 5.07. The fourth-order valence-corrected chi connectivity index (χ4v) is 5.25. The number of likely N-dealkylation sites (tertiary alicyclic amines) is 1. The molecular weight excluding hydrogens is 414 g/mol. The van der Waals surface area contributed by atoms with Gasteiger partial charge >= 0.3 is 6.03 Å². The monoisotopic (exact) mass is 439 g/mol. The normalized spacial score (nSPS) is 27.3. The largest absolute Gasteiger partial charge is 0.467 e. The average molecular weight is 440 g/mol. The first-order chi connectivity index (χ1) is 14.8. The molecule has 0 radical (unpaired) electrons. The molecule has 0 spiro atoms. The summed E-state index contributed by atoms with van der Waals surface area (Å²) >= 11 is 6.15. The molecule has 0 saturated carbocycles. The quantitative estimate of drug-likeness (QED) is 0.717. The third-order valence-corrected chi connectivity index (χ3v) is 6.76. The van der Waals surface area contributed by atoms with Crippen molar-refractivity contribution < 1.29 is 14.3 Å². The second-order valence-corrected chi connectivity index (χ2v) is 9.49. The number of rotatable bonds is 2. The Hall–Kier alpha value is -2.73. The van der Waals surface area contributed by atoms with Crippen LogP contribution < -0.4 is 15.0 Å². The van der Waals surface area contributed by atoms with Crippen molar-refractivity contribution in [1.29, 1.82) is 0 Å². The lowest BCUT2D eigenvalue weighted by Gasteiger charge is -2.50. The van der Waals surface area contributed by atoms with Gasteiger partial charge in [-0.2, -0.15) is 0 Å². The van der Waals surface area contributed by atoms with E-state index in [2.05, 4.69) is 12.2 Å². The number of fused-ring (bicyclic) bond motifs is 4. The highest BCUT2D eigenvalue weighted by Gasteiger charge is 2.50. The first-order valence-corrected chi connectivity index (χ1v) is 11.2. The molecule has 0 aromatic heterocycles. The molecule has 2 bridgehead atoms. The van der Waals surface area contributed by atoms with E-state index in [-0.39, 0.29) is 18.0 Å². The molecule has 2 fully saturated rings. The molecule has 31 heavy (non-hydrogen) atoms. The third-order valence-electron chi connectivity index (χ3n) is 6.53. The number of hydrogen-bond donors (Lipinski definition) is 1. The van der Waals surface area contributed by atoms with Crippen molar-refractivity contribution in [1.82, 2.24) is 10.2 Å².